The summed E-state index contributed by atoms with van der Waals surface area (Å²) in [7, 11) is 0. The zero-order valence-corrected chi connectivity index (χ0v) is 16.8. The molecule has 1 aliphatic carbocycles. The van der Waals surface area contributed by atoms with Crippen LogP contribution in [-0.2, 0) is 32.4 Å². The fraction of sp³-hybridized carbons (Fsp3) is 0.440. The van der Waals surface area contributed by atoms with Gasteiger partial charge in [-0.15, -0.1) is 0 Å². The van der Waals surface area contributed by atoms with Crippen molar-refractivity contribution in [2.24, 2.45) is 0 Å². The van der Waals surface area contributed by atoms with Crippen molar-refractivity contribution in [2.45, 2.75) is 58.2 Å². The summed E-state index contributed by atoms with van der Waals surface area (Å²) in [6.07, 6.45) is 5.63. The van der Waals surface area contributed by atoms with Gasteiger partial charge in [0.2, 0.25) is 0 Å². The Morgan fingerprint density at radius 1 is 0.964 bits per heavy atom. The average molecular weight is 375 g/mol. The number of aliphatic hydroxyl groups is 1. The summed E-state index contributed by atoms with van der Waals surface area (Å²) in [5.74, 6) is 0. The van der Waals surface area contributed by atoms with Crippen LogP contribution in [-0.4, -0.2) is 33.8 Å². The molecule has 28 heavy (non-hydrogen) atoms. The zero-order chi connectivity index (χ0) is 19.1. The molecule has 0 saturated heterocycles. The van der Waals surface area contributed by atoms with Crippen molar-refractivity contribution in [3.63, 3.8) is 0 Å². The third kappa shape index (κ3) is 3.27. The number of aromatic nitrogens is 1. The lowest BCUT2D eigenvalue weighted by Crippen LogP contribution is -2.38. The maximum absolute atomic E-state index is 11.0. The maximum Gasteiger partial charge on any atom is 0.0845 e. The van der Waals surface area contributed by atoms with Crippen molar-refractivity contribution < 1.29 is 5.11 Å². The van der Waals surface area contributed by atoms with Gasteiger partial charge in [0.15, 0.2) is 0 Å². The number of nitrogens with zero attached hydrogens (tertiary/aromatic N) is 2. The number of aryl methyl sites for hydroxylation is 2. The van der Waals surface area contributed by atoms with Gasteiger partial charge < -0.3 is 9.67 Å². The molecule has 0 amide bonds. The molecule has 3 nitrogen and oxygen atoms in total. The van der Waals surface area contributed by atoms with E-state index in [4.69, 9.17) is 0 Å². The molecule has 3 aromatic rings. The van der Waals surface area contributed by atoms with Crippen molar-refractivity contribution in [3.8, 4) is 0 Å². The van der Waals surface area contributed by atoms with E-state index in [1.807, 2.05) is 0 Å². The number of rotatable bonds is 4. The lowest BCUT2D eigenvalue weighted by Gasteiger charge is -2.30. The van der Waals surface area contributed by atoms with Crippen molar-refractivity contribution in [1.29, 1.82) is 0 Å². The van der Waals surface area contributed by atoms with E-state index in [0.29, 0.717) is 6.54 Å². The van der Waals surface area contributed by atoms with Gasteiger partial charge in [-0.25, -0.2) is 0 Å². The molecule has 146 valence electrons. The summed E-state index contributed by atoms with van der Waals surface area (Å²) in [4.78, 5) is 2.41. The minimum Gasteiger partial charge on any atom is -0.390 e. The maximum atomic E-state index is 11.0. The Kier molecular flexibility index (Phi) is 4.73. The Bertz CT molecular complexity index is 1000. The molecule has 0 saturated carbocycles. The first kappa shape index (κ1) is 18.0. The summed E-state index contributed by atoms with van der Waals surface area (Å²) in [5, 5.41) is 12.4. The van der Waals surface area contributed by atoms with E-state index in [2.05, 4.69) is 58.9 Å². The van der Waals surface area contributed by atoms with E-state index >= 15 is 0 Å². The molecule has 0 unspecified atom stereocenters. The van der Waals surface area contributed by atoms with Crippen LogP contribution in [0.1, 0.15) is 40.8 Å². The van der Waals surface area contributed by atoms with Crippen LogP contribution in [0.3, 0.4) is 0 Å². The minimum atomic E-state index is -0.340. The van der Waals surface area contributed by atoms with E-state index < -0.39 is 0 Å². The van der Waals surface area contributed by atoms with Crippen molar-refractivity contribution in [2.75, 3.05) is 13.1 Å². The smallest absolute Gasteiger partial charge is 0.0845 e. The number of hydrogen-bond donors (Lipinski definition) is 1. The summed E-state index contributed by atoms with van der Waals surface area (Å²) < 4.78 is 2.42. The Hall–Kier alpha value is -2.10. The topological polar surface area (TPSA) is 28.4 Å². The fourth-order valence-electron chi connectivity index (χ4n) is 5.23. The van der Waals surface area contributed by atoms with Gasteiger partial charge in [0, 0.05) is 36.2 Å². The lowest BCUT2D eigenvalue weighted by atomic mass is 9.95. The fourth-order valence-corrected chi connectivity index (χ4v) is 5.23. The van der Waals surface area contributed by atoms with Crippen LogP contribution in [0, 0.1) is 6.92 Å². The van der Waals surface area contributed by atoms with Crippen LogP contribution in [0.25, 0.3) is 10.9 Å². The Balaban J connectivity index is 1.37. The van der Waals surface area contributed by atoms with Gasteiger partial charge in [0.25, 0.3) is 0 Å². The minimum absolute atomic E-state index is 0.340. The number of aliphatic hydroxyl groups excluding tert-OH is 1. The highest BCUT2D eigenvalue weighted by Crippen LogP contribution is 2.33. The lowest BCUT2D eigenvalue weighted by molar-refractivity contribution is 0.0920. The van der Waals surface area contributed by atoms with Gasteiger partial charge in [-0.2, -0.15) is 0 Å². The Morgan fingerprint density at radius 2 is 1.79 bits per heavy atom. The van der Waals surface area contributed by atoms with E-state index in [0.717, 1.165) is 32.5 Å². The van der Waals surface area contributed by atoms with Gasteiger partial charge in [0.05, 0.1) is 12.6 Å². The molecule has 0 bridgehead atoms. The Morgan fingerprint density at radius 3 is 2.68 bits per heavy atom. The molecular weight excluding hydrogens is 344 g/mol. The molecule has 1 N–H and O–H groups in total. The van der Waals surface area contributed by atoms with Gasteiger partial charge in [-0.1, -0.05) is 35.9 Å². The van der Waals surface area contributed by atoms with E-state index in [9.17, 15) is 5.11 Å². The zero-order valence-electron chi connectivity index (χ0n) is 16.8. The summed E-state index contributed by atoms with van der Waals surface area (Å²) in [6, 6.07) is 15.5. The normalized spacial score (nSPS) is 18.1. The molecule has 0 radical (unpaired) electrons. The molecule has 3 heteroatoms. The van der Waals surface area contributed by atoms with Crippen LogP contribution < -0.4 is 0 Å². The largest absolute Gasteiger partial charge is 0.390 e. The van der Waals surface area contributed by atoms with Crippen molar-refractivity contribution in [1.82, 2.24) is 9.47 Å². The SMILES string of the molecule is Cc1ccc2c(c1)c1c(n2C[C@@H](O)CN2CCc3ccccc3C2)CCCC1. The third-order valence-corrected chi connectivity index (χ3v) is 6.60. The molecule has 2 heterocycles. The highest BCUT2D eigenvalue weighted by atomic mass is 16.3. The van der Waals surface area contributed by atoms with E-state index in [1.54, 1.807) is 0 Å². The first-order chi connectivity index (χ1) is 13.7. The predicted molar refractivity (Wildman–Crippen MR) is 115 cm³/mol. The van der Waals surface area contributed by atoms with Crippen LogP contribution in [0.5, 0.6) is 0 Å². The van der Waals surface area contributed by atoms with Crippen molar-refractivity contribution >= 4 is 10.9 Å². The van der Waals surface area contributed by atoms with Gasteiger partial charge >= 0.3 is 0 Å². The molecule has 2 aliphatic rings. The molecule has 0 fully saturated rings. The monoisotopic (exact) mass is 374 g/mol. The second kappa shape index (κ2) is 7.38. The number of fused-ring (bicyclic) bond motifs is 4. The number of benzene rings is 2. The molecule has 2 aromatic carbocycles. The summed E-state index contributed by atoms with van der Waals surface area (Å²) in [6.45, 7) is 5.62. The van der Waals surface area contributed by atoms with Gasteiger partial charge in [-0.3, -0.25) is 4.90 Å². The number of hydrogen-bond acceptors (Lipinski definition) is 2. The van der Waals surface area contributed by atoms with Crippen LogP contribution >= 0.6 is 0 Å². The predicted octanol–water partition coefficient (Wildman–Crippen LogP) is 4.25. The second-order valence-electron chi connectivity index (χ2n) is 8.67. The van der Waals surface area contributed by atoms with Gasteiger partial charge in [-0.05, 0) is 67.9 Å². The first-order valence-electron chi connectivity index (χ1n) is 10.8. The quantitative estimate of drug-likeness (QED) is 0.740. The van der Waals surface area contributed by atoms with Crippen molar-refractivity contribution in [3.05, 3.63) is 70.4 Å². The standard InChI is InChI=1S/C25H30N2O/c1-18-10-11-25-23(14-18)22-8-4-5-9-24(22)27(25)17-21(28)16-26-13-12-19-6-2-3-7-20(19)15-26/h2-3,6-7,10-11,14,21,28H,4-5,8-9,12-13,15-17H2,1H3/t21-/m0/s1. The molecule has 0 spiro atoms. The third-order valence-electron chi connectivity index (χ3n) is 6.60. The average Bonchev–Trinajstić information content (AvgIpc) is 3.01. The molecule has 5 rings (SSSR count). The molecule has 1 aliphatic heterocycles. The van der Waals surface area contributed by atoms with Crippen LogP contribution in [0.2, 0.25) is 0 Å². The van der Waals surface area contributed by atoms with Gasteiger partial charge in [0.1, 0.15) is 0 Å². The Labute approximate surface area is 167 Å². The van der Waals surface area contributed by atoms with Crippen LogP contribution in [0.4, 0.5) is 0 Å². The second-order valence-corrected chi connectivity index (χ2v) is 8.67. The van der Waals surface area contributed by atoms with Crippen LogP contribution in [0.15, 0.2) is 42.5 Å². The molecule has 1 aromatic heterocycles. The highest BCUT2D eigenvalue weighted by molar-refractivity contribution is 5.86. The highest BCUT2D eigenvalue weighted by Gasteiger charge is 2.23. The number of β-amino-alcohol motifs (C(OH)–C–C–N with tert-alkyl or cyclic N) is 1. The first-order valence-corrected chi connectivity index (χ1v) is 10.8. The van der Waals surface area contributed by atoms with E-state index in [1.165, 1.54) is 58.1 Å². The summed E-state index contributed by atoms with van der Waals surface area (Å²) >= 11 is 0. The van der Waals surface area contributed by atoms with E-state index in [-0.39, 0.29) is 6.10 Å². The molecular formula is C25H30N2O. The summed E-state index contributed by atoms with van der Waals surface area (Å²) in [5.41, 5.74) is 8.51. The molecule has 1 atom stereocenters.